The summed E-state index contributed by atoms with van der Waals surface area (Å²) >= 11 is 1.26. The number of thiazole rings is 1. The van der Waals surface area contributed by atoms with Gasteiger partial charge in [0.15, 0.2) is 5.13 Å². The molecule has 2 heterocycles. The summed E-state index contributed by atoms with van der Waals surface area (Å²) in [7, 11) is -0.319. The Hall–Kier alpha value is -1.91. The van der Waals surface area contributed by atoms with Crippen LogP contribution in [0.1, 0.15) is 12.8 Å². The first-order valence-electron chi connectivity index (χ1n) is 7.64. The van der Waals surface area contributed by atoms with E-state index in [0.29, 0.717) is 41.5 Å². The largest absolute Gasteiger partial charge is 0.495 e. The smallest absolute Gasteiger partial charge is 0.244 e. The molecule has 3 rings (SSSR count). The van der Waals surface area contributed by atoms with Crippen molar-refractivity contribution in [2.45, 2.75) is 18.9 Å². The maximum absolute atomic E-state index is 12.5. The third-order valence-electron chi connectivity index (χ3n) is 4.07. The number of amides is 1. The molecule has 0 spiro atoms. The molecule has 2 aromatic rings. The molecule has 1 saturated heterocycles. The van der Waals surface area contributed by atoms with E-state index < -0.39 is 16.1 Å². The van der Waals surface area contributed by atoms with Crippen LogP contribution < -0.4 is 14.8 Å². The number of carbonyl (C=O) groups is 1. The van der Waals surface area contributed by atoms with Gasteiger partial charge < -0.3 is 14.8 Å². The minimum absolute atomic E-state index is 0.360. The third-order valence-corrected chi connectivity index (χ3v) is 6.35. The molecular weight excluding hydrogens is 366 g/mol. The molecule has 1 amide bonds. The van der Waals surface area contributed by atoms with E-state index in [1.54, 1.807) is 26.4 Å². The zero-order valence-corrected chi connectivity index (χ0v) is 15.7. The second kappa shape index (κ2) is 6.77. The summed E-state index contributed by atoms with van der Waals surface area (Å²) in [6, 6.07) is 2.81. The first-order chi connectivity index (χ1) is 11.8. The number of aromatic nitrogens is 1. The van der Waals surface area contributed by atoms with Crippen molar-refractivity contribution < 1.29 is 22.7 Å². The number of carbonyl (C=O) groups excluding carboxylic acids is 1. The fraction of sp³-hybridized carbons (Fsp3) is 0.467. The molecule has 8 nitrogen and oxygen atoms in total. The van der Waals surface area contributed by atoms with Gasteiger partial charge in [-0.05, 0) is 25.0 Å². The summed E-state index contributed by atoms with van der Waals surface area (Å²) in [6.45, 7) is 0.360. The molecule has 0 radical (unpaired) electrons. The molecule has 1 fully saturated rings. The molecule has 1 aliphatic rings. The van der Waals surface area contributed by atoms with Gasteiger partial charge >= 0.3 is 0 Å². The number of hydrogen-bond donors (Lipinski definition) is 1. The highest BCUT2D eigenvalue weighted by atomic mass is 32.2. The minimum atomic E-state index is -3.42. The standard InChI is InChI=1S/C15H19N3O5S2/c1-22-10-6-7-11(23-2)13-12(10)16-15(24-13)17-14(19)9-5-4-8-18(9)25(3,20)21/h6-7,9H,4-5,8H2,1-3H3,(H,16,17,19). The van der Waals surface area contributed by atoms with Gasteiger partial charge in [0.05, 0.1) is 20.5 Å². The Kier molecular flexibility index (Phi) is 4.85. The van der Waals surface area contributed by atoms with Gasteiger partial charge in [-0.3, -0.25) is 4.79 Å². The fourth-order valence-electron chi connectivity index (χ4n) is 2.93. The Morgan fingerprint density at radius 2 is 2.00 bits per heavy atom. The lowest BCUT2D eigenvalue weighted by atomic mass is 10.2. The summed E-state index contributed by atoms with van der Waals surface area (Å²) < 4.78 is 36.2. The molecule has 1 aromatic heterocycles. The van der Waals surface area contributed by atoms with Gasteiger partial charge in [-0.15, -0.1) is 0 Å². The number of ether oxygens (including phenoxy) is 2. The van der Waals surface area contributed by atoms with Gasteiger partial charge in [-0.25, -0.2) is 13.4 Å². The Balaban J connectivity index is 1.89. The molecule has 10 heteroatoms. The van der Waals surface area contributed by atoms with Crippen molar-refractivity contribution in [2.75, 3.05) is 32.3 Å². The van der Waals surface area contributed by atoms with Gasteiger partial charge in [0.1, 0.15) is 27.8 Å². The zero-order valence-electron chi connectivity index (χ0n) is 14.1. The molecule has 1 aliphatic heterocycles. The predicted molar refractivity (Wildman–Crippen MR) is 95.9 cm³/mol. The van der Waals surface area contributed by atoms with Crippen molar-refractivity contribution in [2.24, 2.45) is 0 Å². The number of nitrogens with zero attached hydrogens (tertiary/aromatic N) is 2. The number of fused-ring (bicyclic) bond motifs is 1. The number of benzene rings is 1. The molecule has 1 N–H and O–H groups in total. The third kappa shape index (κ3) is 3.42. The van der Waals surface area contributed by atoms with Crippen LogP contribution in [0.2, 0.25) is 0 Å². The highest BCUT2D eigenvalue weighted by Crippen LogP contribution is 2.39. The number of anilines is 1. The van der Waals surface area contributed by atoms with E-state index >= 15 is 0 Å². The number of nitrogens with one attached hydrogen (secondary N) is 1. The Labute approximate surface area is 149 Å². The predicted octanol–water partition coefficient (Wildman–Crippen LogP) is 1.68. The van der Waals surface area contributed by atoms with Crippen LogP contribution >= 0.6 is 11.3 Å². The summed E-state index contributed by atoms with van der Waals surface area (Å²) in [5, 5.41) is 3.11. The lowest BCUT2D eigenvalue weighted by Crippen LogP contribution is -2.42. The molecule has 25 heavy (non-hydrogen) atoms. The van der Waals surface area contributed by atoms with E-state index in [-0.39, 0.29) is 5.91 Å². The quantitative estimate of drug-likeness (QED) is 0.841. The van der Waals surface area contributed by atoms with E-state index in [1.165, 1.54) is 15.6 Å². The average Bonchev–Trinajstić information content (AvgIpc) is 3.20. The van der Waals surface area contributed by atoms with E-state index in [0.717, 1.165) is 11.0 Å². The number of methoxy groups -OCH3 is 2. The van der Waals surface area contributed by atoms with Crippen LogP contribution in [0.4, 0.5) is 5.13 Å². The van der Waals surface area contributed by atoms with E-state index in [1.807, 2.05) is 0 Å². The summed E-state index contributed by atoms with van der Waals surface area (Å²) in [5.41, 5.74) is 0.591. The van der Waals surface area contributed by atoms with Gasteiger partial charge in [0.25, 0.3) is 0 Å². The van der Waals surface area contributed by atoms with Gasteiger partial charge in [0.2, 0.25) is 15.9 Å². The molecule has 1 atom stereocenters. The molecule has 0 saturated carbocycles. The minimum Gasteiger partial charge on any atom is -0.495 e. The Morgan fingerprint density at radius 1 is 1.32 bits per heavy atom. The van der Waals surface area contributed by atoms with Crippen molar-refractivity contribution >= 4 is 42.6 Å². The average molecular weight is 385 g/mol. The van der Waals surface area contributed by atoms with Crippen LogP contribution in [0.3, 0.4) is 0 Å². The summed E-state index contributed by atoms with van der Waals surface area (Å²) in [6.07, 6.45) is 2.27. The van der Waals surface area contributed by atoms with Crippen molar-refractivity contribution in [3.63, 3.8) is 0 Å². The highest BCUT2D eigenvalue weighted by molar-refractivity contribution is 7.88. The molecule has 1 unspecified atom stereocenters. The SMILES string of the molecule is COc1ccc(OC)c2sc(NC(=O)C3CCCN3S(C)(=O)=O)nc12. The van der Waals surface area contributed by atoms with E-state index in [2.05, 4.69) is 10.3 Å². The topological polar surface area (TPSA) is 97.8 Å². The van der Waals surface area contributed by atoms with Crippen LogP contribution in [0.15, 0.2) is 12.1 Å². The highest BCUT2D eigenvalue weighted by Gasteiger charge is 2.36. The fourth-order valence-corrected chi connectivity index (χ4v) is 5.03. The number of sulfonamides is 1. The van der Waals surface area contributed by atoms with Crippen molar-refractivity contribution in [1.29, 1.82) is 0 Å². The molecule has 0 aliphatic carbocycles. The number of hydrogen-bond acceptors (Lipinski definition) is 7. The first-order valence-corrected chi connectivity index (χ1v) is 10.3. The van der Waals surface area contributed by atoms with Crippen LogP contribution in [0.25, 0.3) is 10.2 Å². The summed E-state index contributed by atoms with van der Waals surface area (Å²) in [4.78, 5) is 16.9. The van der Waals surface area contributed by atoms with Crippen molar-refractivity contribution in [3.8, 4) is 11.5 Å². The number of rotatable bonds is 5. The molecular formula is C15H19N3O5S2. The van der Waals surface area contributed by atoms with Crippen molar-refractivity contribution in [3.05, 3.63) is 12.1 Å². The second-order valence-corrected chi connectivity index (χ2v) is 8.62. The normalized spacial score (nSPS) is 18.4. The lowest BCUT2D eigenvalue weighted by Gasteiger charge is -2.20. The van der Waals surface area contributed by atoms with Crippen molar-refractivity contribution in [1.82, 2.24) is 9.29 Å². The molecule has 0 bridgehead atoms. The van der Waals surface area contributed by atoms with E-state index in [4.69, 9.17) is 9.47 Å². The maximum Gasteiger partial charge on any atom is 0.244 e. The monoisotopic (exact) mass is 385 g/mol. The Morgan fingerprint density at radius 3 is 2.64 bits per heavy atom. The second-order valence-electron chi connectivity index (χ2n) is 5.69. The van der Waals surface area contributed by atoms with Gasteiger partial charge in [-0.2, -0.15) is 4.31 Å². The Bertz CT molecular complexity index is 868. The van der Waals surface area contributed by atoms with Gasteiger partial charge in [-0.1, -0.05) is 11.3 Å². The first kappa shape index (κ1) is 17.9. The van der Waals surface area contributed by atoms with E-state index in [9.17, 15) is 13.2 Å². The lowest BCUT2D eigenvalue weighted by molar-refractivity contribution is -0.119. The van der Waals surface area contributed by atoms with Crippen LogP contribution in [0, 0.1) is 0 Å². The van der Waals surface area contributed by atoms with Crippen LogP contribution in [-0.2, 0) is 14.8 Å². The van der Waals surface area contributed by atoms with Gasteiger partial charge in [0, 0.05) is 6.54 Å². The maximum atomic E-state index is 12.5. The summed E-state index contributed by atoms with van der Waals surface area (Å²) in [5.74, 6) is 0.832. The van der Waals surface area contributed by atoms with Crippen LogP contribution in [0.5, 0.6) is 11.5 Å². The zero-order chi connectivity index (χ0) is 18.2. The van der Waals surface area contributed by atoms with Crippen LogP contribution in [-0.4, -0.2) is 56.7 Å². The molecule has 136 valence electrons. The molecule has 1 aromatic carbocycles.